The second kappa shape index (κ2) is 23.9. The quantitative estimate of drug-likeness (QED) is 0.182. The number of benzene rings is 1. The molecule has 2 rings (SSSR count). The van der Waals surface area contributed by atoms with Crippen LogP contribution in [0.3, 0.4) is 0 Å². The number of ether oxygens (including phenoxy) is 2. The predicted molar refractivity (Wildman–Crippen MR) is 112 cm³/mol. The molecule has 0 saturated carbocycles. The maximum atomic E-state index is 12.1. The number of hydrogen-bond acceptors (Lipinski definition) is 6. The Labute approximate surface area is 214 Å². The number of nitrogens with one attached hydrogen (secondary N) is 1. The summed E-state index contributed by atoms with van der Waals surface area (Å²) in [4.78, 5) is 23.8. The van der Waals surface area contributed by atoms with Crippen LogP contribution >= 0.6 is 0 Å². The summed E-state index contributed by atoms with van der Waals surface area (Å²) < 4.78 is 9.47. The second-order valence-electron chi connectivity index (χ2n) is 6.02. The van der Waals surface area contributed by atoms with Gasteiger partial charge in [0.05, 0.1) is 32.1 Å². The third-order valence-electron chi connectivity index (χ3n) is 3.80. The average Bonchev–Trinajstić information content (AvgIpc) is 3.02. The number of hydrazine groups is 1. The number of rotatable bonds is 10. The van der Waals surface area contributed by atoms with E-state index >= 15 is 0 Å². The number of nitrogens with zero attached hydrogens (tertiary/aromatic N) is 1. The third kappa shape index (κ3) is 15.7. The van der Waals surface area contributed by atoms with Gasteiger partial charge < -0.3 is 32.1 Å². The molecule has 1 fully saturated rings. The second-order valence-corrected chi connectivity index (χ2v) is 6.02. The van der Waals surface area contributed by atoms with Gasteiger partial charge in [-0.25, -0.2) is 5.01 Å². The smallest absolute Gasteiger partial charge is 1.00 e. The van der Waals surface area contributed by atoms with Gasteiger partial charge in [0.1, 0.15) is 5.92 Å². The van der Waals surface area contributed by atoms with Crippen LogP contribution in [-0.2, 0) is 19.1 Å². The molecule has 174 valence electrons. The summed E-state index contributed by atoms with van der Waals surface area (Å²) in [5, 5.41) is 17.5. The van der Waals surface area contributed by atoms with Crippen LogP contribution in [0, 0.1) is 5.92 Å². The molecule has 3 N–H and O–H groups in total. The van der Waals surface area contributed by atoms with Crippen LogP contribution in [0.25, 0.3) is 0 Å². The van der Waals surface area contributed by atoms with Crippen molar-refractivity contribution in [1.82, 2.24) is 5.43 Å². The molecule has 1 saturated heterocycles. The summed E-state index contributed by atoms with van der Waals surface area (Å²) >= 11 is 0. The van der Waals surface area contributed by atoms with Crippen LogP contribution in [0.1, 0.15) is 40.0 Å². The molecular weight excluding hydrogens is 435 g/mol. The Kier molecular flexibility index (Phi) is 26.9. The van der Waals surface area contributed by atoms with Crippen molar-refractivity contribution in [3.63, 3.8) is 0 Å². The summed E-state index contributed by atoms with van der Waals surface area (Å²) in [5.41, 5.74) is 3.34. The number of aliphatic hydroxyl groups excluding tert-OH is 2. The number of para-hydroxylation sites is 1. The van der Waals surface area contributed by atoms with Gasteiger partial charge in [0.2, 0.25) is 0 Å². The van der Waals surface area contributed by atoms with Crippen molar-refractivity contribution in [3.05, 3.63) is 30.3 Å². The Morgan fingerprint density at radius 2 is 1.52 bits per heavy atom. The van der Waals surface area contributed by atoms with Gasteiger partial charge in [-0.15, -0.1) is 0 Å². The molecular formula is C21H36ClN2NaO6. The number of aliphatic hydroxyl groups is 2. The standard InChI is InChI=1S/C13H16N2O2.C4H10O3.C4H10O.ClH.Na/c1-2-3-9-11-12(16)14-15(13(11)17)10-7-5-4-6-8-10;5-1-3-7-4-2-6;1-3-5-4-2;;/h4-8,11H,2-3,9H2,1H3,(H,14,16);5-6H,1-4H2;3-4H2,1-2H3;1H;/q;;;;+1/p-1. The number of unbranched alkanes of at least 4 members (excludes halogenated alkanes) is 1. The molecule has 1 aliphatic heterocycles. The van der Waals surface area contributed by atoms with Gasteiger partial charge in [0.25, 0.3) is 11.8 Å². The minimum atomic E-state index is -0.518. The summed E-state index contributed by atoms with van der Waals surface area (Å²) in [6.45, 7) is 8.41. The Morgan fingerprint density at radius 3 is 1.94 bits per heavy atom. The zero-order chi connectivity index (χ0) is 21.9. The molecule has 0 radical (unpaired) electrons. The number of hydrogen-bond donors (Lipinski definition) is 3. The molecule has 1 atom stereocenters. The molecule has 0 aromatic heterocycles. The van der Waals surface area contributed by atoms with Crippen LogP contribution in [-0.4, -0.2) is 61.7 Å². The zero-order valence-corrected chi connectivity index (χ0v) is 21.9. The van der Waals surface area contributed by atoms with E-state index in [1.54, 1.807) is 12.1 Å². The van der Waals surface area contributed by atoms with Gasteiger partial charge in [0, 0.05) is 13.2 Å². The number of amides is 2. The molecule has 31 heavy (non-hydrogen) atoms. The Balaban J connectivity index is -0.000000473. The summed E-state index contributed by atoms with van der Waals surface area (Å²) in [7, 11) is 0. The van der Waals surface area contributed by atoms with E-state index in [-0.39, 0.29) is 67.0 Å². The van der Waals surface area contributed by atoms with Crippen molar-refractivity contribution in [3.8, 4) is 0 Å². The number of anilines is 1. The minimum absolute atomic E-state index is 0. The van der Waals surface area contributed by atoms with Crippen LogP contribution < -0.4 is 52.4 Å². The summed E-state index contributed by atoms with van der Waals surface area (Å²) in [6.07, 6.45) is 2.51. The number of carbonyl (C=O) groups is 2. The third-order valence-corrected chi connectivity index (χ3v) is 3.80. The Morgan fingerprint density at radius 1 is 0.968 bits per heavy atom. The predicted octanol–water partition coefficient (Wildman–Crippen LogP) is -4.09. The average molecular weight is 471 g/mol. The molecule has 1 aliphatic rings. The van der Waals surface area contributed by atoms with Gasteiger partial charge in [-0.05, 0) is 32.4 Å². The van der Waals surface area contributed by atoms with Crippen LogP contribution in [0.4, 0.5) is 5.69 Å². The molecule has 1 aromatic rings. The first-order valence-corrected chi connectivity index (χ1v) is 10.1. The van der Waals surface area contributed by atoms with Crippen molar-refractivity contribution in [2.75, 3.05) is 44.7 Å². The van der Waals surface area contributed by atoms with Gasteiger partial charge in [0.15, 0.2) is 0 Å². The molecule has 0 bridgehead atoms. The fourth-order valence-electron chi connectivity index (χ4n) is 2.38. The Hall–Kier alpha value is -0.710. The fourth-order valence-corrected chi connectivity index (χ4v) is 2.38. The largest absolute Gasteiger partial charge is 1.00 e. The topological polar surface area (TPSA) is 108 Å². The first-order chi connectivity index (χ1) is 14.1. The molecule has 0 aliphatic carbocycles. The molecule has 8 nitrogen and oxygen atoms in total. The Bertz CT molecular complexity index is 548. The van der Waals surface area contributed by atoms with Crippen molar-refractivity contribution < 1.29 is 71.2 Å². The van der Waals surface area contributed by atoms with E-state index < -0.39 is 5.92 Å². The molecule has 1 aromatic carbocycles. The van der Waals surface area contributed by atoms with Crippen LogP contribution in [0.15, 0.2) is 30.3 Å². The van der Waals surface area contributed by atoms with E-state index in [0.29, 0.717) is 25.3 Å². The van der Waals surface area contributed by atoms with Gasteiger partial charge in [-0.1, -0.05) is 38.0 Å². The van der Waals surface area contributed by atoms with E-state index in [4.69, 9.17) is 14.9 Å². The first-order valence-electron chi connectivity index (χ1n) is 10.1. The number of carbonyl (C=O) groups excluding carboxylic acids is 2. The van der Waals surface area contributed by atoms with E-state index in [2.05, 4.69) is 10.2 Å². The van der Waals surface area contributed by atoms with Crippen molar-refractivity contribution in [2.45, 2.75) is 40.0 Å². The maximum Gasteiger partial charge on any atom is 1.00 e. The molecule has 1 unspecified atom stereocenters. The van der Waals surface area contributed by atoms with E-state index in [1.165, 1.54) is 5.01 Å². The zero-order valence-electron chi connectivity index (χ0n) is 19.2. The molecule has 0 spiro atoms. The fraction of sp³-hybridized carbons (Fsp3) is 0.619. The van der Waals surface area contributed by atoms with Crippen LogP contribution in [0.5, 0.6) is 0 Å². The SMILES string of the molecule is CCCCC1C(=O)NN(c2ccccc2)C1=O.CCOCC.OCCOCCO.[Cl-].[Na+]. The van der Waals surface area contributed by atoms with E-state index in [0.717, 1.165) is 26.1 Å². The normalized spacial score (nSPS) is 14.2. The molecule has 1 heterocycles. The summed E-state index contributed by atoms with van der Waals surface area (Å²) in [5.74, 6) is -0.850. The van der Waals surface area contributed by atoms with Crippen molar-refractivity contribution >= 4 is 17.5 Å². The van der Waals surface area contributed by atoms with Crippen LogP contribution in [0.2, 0.25) is 0 Å². The van der Waals surface area contributed by atoms with E-state index in [1.807, 2.05) is 39.0 Å². The minimum Gasteiger partial charge on any atom is -1.00 e. The maximum absolute atomic E-state index is 12.1. The van der Waals surface area contributed by atoms with Gasteiger partial charge >= 0.3 is 29.6 Å². The van der Waals surface area contributed by atoms with Gasteiger partial charge in [-0.3, -0.25) is 15.0 Å². The van der Waals surface area contributed by atoms with Crippen molar-refractivity contribution in [2.24, 2.45) is 5.92 Å². The van der Waals surface area contributed by atoms with Crippen molar-refractivity contribution in [1.29, 1.82) is 0 Å². The summed E-state index contributed by atoms with van der Waals surface area (Å²) in [6, 6.07) is 9.17. The molecule has 2 amide bonds. The number of halogens is 1. The van der Waals surface area contributed by atoms with E-state index in [9.17, 15) is 9.59 Å². The first kappa shape index (κ1) is 34.9. The van der Waals surface area contributed by atoms with Gasteiger partial charge in [-0.2, -0.15) is 0 Å². The molecule has 10 heteroatoms. The monoisotopic (exact) mass is 470 g/mol.